The van der Waals surface area contributed by atoms with Gasteiger partial charge in [-0.3, -0.25) is 14.9 Å². The Bertz CT molecular complexity index is 517. The van der Waals surface area contributed by atoms with Gasteiger partial charge in [0.25, 0.3) is 5.91 Å². The fourth-order valence-corrected chi connectivity index (χ4v) is 1.93. The fourth-order valence-electron chi connectivity index (χ4n) is 1.93. The highest BCUT2D eigenvalue weighted by Crippen LogP contribution is 2.08. The number of rotatable bonds is 6. The van der Waals surface area contributed by atoms with Crippen LogP contribution in [0, 0.1) is 5.92 Å². The zero-order valence-electron chi connectivity index (χ0n) is 13.2. The second kappa shape index (κ2) is 8.81. The van der Waals surface area contributed by atoms with E-state index < -0.39 is 18.0 Å². The second-order valence-electron chi connectivity index (χ2n) is 5.22. The Morgan fingerprint density at radius 3 is 2.32 bits per heavy atom. The normalized spacial score (nSPS) is 12.9. The van der Waals surface area contributed by atoms with E-state index in [1.807, 2.05) is 44.2 Å². The number of hydrogen-bond donors (Lipinski definition) is 3. The van der Waals surface area contributed by atoms with E-state index in [1.165, 1.54) is 6.92 Å². The molecule has 0 aliphatic carbocycles. The number of benzene rings is 1. The van der Waals surface area contributed by atoms with Gasteiger partial charge in [-0.2, -0.15) is 0 Å². The highest BCUT2D eigenvalue weighted by atomic mass is 16.2. The number of amides is 4. The molecule has 3 N–H and O–H groups in total. The Balaban J connectivity index is 2.53. The van der Waals surface area contributed by atoms with E-state index in [-0.39, 0.29) is 11.8 Å². The second-order valence-corrected chi connectivity index (χ2v) is 5.22. The summed E-state index contributed by atoms with van der Waals surface area (Å²) in [5, 5.41) is 7.46. The van der Waals surface area contributed by atoms with Crippen LogP contribution in [0.3, 0.4) is 0 Å². The van der Waals surface area contributed by atoms with Crippen LogP contribution in [0.4, 0.5) is 4.79 Å². The number of hydrogen-bond acceptors (Lipinski definition) is 3. The Kier molecular flexibility index (Phi) is 7.08. The molecule has 0 aliphatic heterocycles. The predicted octanol–water partition coefficient (Wildman–Crippen LogP) is 1.56. The Hall–Kier alpha value is -2.37. The van der Waals surface area contributed by atoms with Gasteiger partial charge in [0.2, 0.25) is 5.91 Å². The van der Waals surface area contributed by atoms with Crippen molar-refractivity contribution in [2.75, 3.05) is 0 Å². The van der Waals surface area contributed by atoms with Gasteiger partial charge in [-0.15, -0.1) is 0 Å². The third-order valence-corrected chi connectivity index (χ3v) is 3.39. The quantitative estimate of drug-likeness (QED) is 0.745. The third kappa shape index (κ3) is 5.95. The van der Waals surface area contributed by atoms with Gasteiger partial charge in [0.15, 0.2) is 0 Å². The summed E-state index contributed by atoms with van der Waals surface area (Å²) in [6.07, 6.45) is 0.712. The molecule has 0 spiro atoms. The van der Waals surface area contributed by atoms with Crippen molar-refractivity contribution in [2.24, 2.45) is 5.92 Å². The molecule has 0 heterocycles. The molecule has 0 aromatic heterocycles. The first-order valence-corrected chi connectivity index (χ1v) is 7.33. The number of urea groups is 1. The van der Waals surface area contributed by atoms with Crippen molar-refractivity contribution in [3.05, 3.63) is 35.9 Å². The molecule has 6 heteroatoms. The lowest BCUT2D eigenvalue weighted by Crippen LogP contribution is -2.52. The van der Waals surface area contributed by atoms with E-state index in [4.69, 9.17) is 0 Å². The summed E-state index contributed by atoms with van der Waals surface area (Å²) < 4.78 is 0. The largest absolute Gasteiger partial charge is 0.344 e. The summed E-state index contributed by atoms with van der Waals surface area (Å²) in [5.41, 5.74) is 0.936. The molecule has 1 aromatic carbocycles. The molecule has 1 aromatic rings. The molecular formula is C16H23N3O3. The summed E-state index contributed by atoms with van der Waals surface area (Å²) in [6.45, 7) is 5.44. The molecular weight excluding hydrogens is 282 g/mol. The monoisotopic (exact) mass is 305 g/mol. The number of nitrogens with one attached hydrogen (secondary N) is 3. The summed E-state index contributed by atoms with van der Waals surface area (Å²) in [5.74, 6) is -0.869. The number of carbonyl (C=O) groups is 3. The van der Waals surface area contributed by atoms with E-state index in [2.05, 4.69) is 16.0 Å². The lowest BCUT2D eigenvalue weighted by atomic mass is 9.98. The average molecular weight is 305 g/mol. The molecule has 120 valence electrons. The van der Waals surface area contributed by atoms with Gasteiger partial charge in [-0.1, -0.05) is 50.6 Å². The van der Waals surface area contributed by atoms with Gasteiger partial charge in [0, 0.05) is 13.5 Å². The summed E-state index contributed by atoms with van der Waals surface area (Å²) >= 11 is 0. The van der Waals surface area contributed by atoms with Crippen LogP contribution in [0.5, 0.6) is 0 Å². The molecule has 1 rings (SSSR count). The van der Waals surface area contributed by atoms with Crippen molar-refractivity contribution in [1.29, 1.82) is 0 Å². The van der Waals surface area contributed by atoms with Crippen LogP contribution in [0.15, 0.2) is 30.3 Å². The Labute approximate surface area is 130 Å². The highest BCUT2D eigenvalue weighted by Gasteiger charge is 2.26. The van der Waals surface area contributed by atoms with Crippen molar-refractivity contribution >= 4 is 17.8 Å². The molecule has 2 atom stereocenters. The fraction of sp³-hybridized carbons (Fsp3) is 0.438. The van der Waals surface area contributed by atoms with Crippen LogP contribution in [0.2, 0.25) is 0 Å². The maximum atomic E-state index is 12.1. The minimum Gasteiger partial charge on any atom is -0.344 e. The first-order chi connectivity index (χ1) is 10.4. The van der Waals surface area contributed by atoms with Crippen LogP contribution in [0.1, 0.15) is 32.8 Å². The van der Waals surface area contributed by atoms with Crippen molar-refractivity contribution in [3.8, 4) is 0 Å². The molecule has 22 heavy (non-hydrogen) atoms. The first-order valence-electron chi connectivity index (χ1n) is 7.33. The van der Waals surface area contributed by atoms with Crippen LogP contribution < -0.4 is 16.0 Å². The summed E-state index contributed by atoms with van der Waals surface area (Å²) in [6, 6.07) is 8.09. The Morgan fingerprint density at radius 2 is 1.77 bits per heavy atom. The van der Waals surface area contributed by atoms with Crippen LogP contribution in [0.25, 0.3) is 0 Å². The standard InChI is InChI=1S/C16H23N3O3/c1-4-11(2)14(18-12(3)20)15(21)19-16(22)17-10-13-8-6-5-7-9-13/h5-9,11,14H,4,10H2,1-3H3,(H,18,20)(H2,17,19,21,22)/t11-,14-/m1/s1. The number of carbonyl (C=O) groups excluding carboxylic acids is 3. The maximum Gasteiger partial charge on any atom is 0.321 e. The van der Waals surface area contributed by atoms with Crippen LogP contribution >= 0.6 is 0 Å². The van der Waals surface area contributed by atoms with Gasteiger partial charge < -0.3 is 10.6 Å². The van der Waals surface area contributed by atoms with Crippen LogP contribution in [-0.2, 0) is 16.1 Å². The zero-order valence-corrected chi connectivity index (χ0v) is 13.2. The molecule has 6 nitrogen and oxygen atoms in total. The van der Waals surface area contributed by atoms with Gasteiger partial charge >= 0.3 is 6.03 Å². The molecule has 0 saturated carbocycles. The lowest BCUT2D eigenvalue weighted by Gasteiger charge is -2.22. The smallest absolute Gasteiger partial charge is 0.321 e. The first kappa shape index (κ1) is 17.7. The summed E-state index contributed by atoms with van der Waals surface area (Å²) in [7, 11) is 0. The molecule has 0 bridgehead atoms. The topological polar surface area (TPSA) is 87.3 Å². The SMILES string of the molecule is CC[C@@H](C)[C@@H](NC(C)=O)C(=O)NC(=O)NCc1ccccc1. The van der Waals surface area contributed by atoms with E-state index in [0.29, 0.717) is 13.0 Å². The van der Waals surface area contributed by atoms with Gasteiger partial charge in [-0.05, 0) is 11.5 Å². The van der Waals surface area contributed by atoms with Gasteiger partial charge in [0.1, 0.15) is 6.04 Å². The average Bonchev–Trinajstić information content (AvgIpc) is 2.50. The zero-order chi connectivity index (χ0) is 16.5. The molecule has 0 unspecified atom stereocenters. The van der Waals surface area contributed by atoms with Crippen molar-refractivity contribution < 1.29 is 14.4 Å². The van der Waals surface area contributed by atoms with Crippen molar-refractivity contribution in [3.63, 3.8) is 0 Å². The molecule has 0 fully saturated rings. The maximum absolute atomic E-state index is 12.1. The van der Waals surface area contributed by atoms with Crippen LogP contribution in [-0.4, -0.2) is 23.9 Å². The van der Waals surface area contributed by atoms with Crippen molar-refractivity contribution in [2.45, 2.75) is 39.8 Å². The molecule has 0 saturated heterocycles. The minimum absolute atomic E-state index is 0.0641. The third-order valence-electron chi connectivity index (χ3n) is 3.39. The minimum atomic E-state index is -0.718. The van der Waals surface area contributed by atoms with E-state index >= 15 is 0 Å². The molecule has 0 radical (unpaired) electrons. The predicted molar refractivity (Wildman–Crippen MR) is 83.9 cm³/mol. The highest BCUT2D eigenvalue weighted by molar-refractivity contribution is 5.98. The van der Waals surface area contributed by atoms with Crippen molar-refractivity contribution in [1.82, 2.24) is 16.0 Å². The number of imide groups is 1. The van der Waals surface area contributed by atoms with E-state index in [1.54, 1.807) is 0 Å². The van der Waals surface area contributed by atoms with Gasteiger partial charge in [-0.25, -0.2) is 4.79 Å². The van der Waals surface area contributed by atoms with E-state index in [0.717, 1.165) is 5.56 Å². The lowest BCUT2D eigenvalue weighted by molar-refractivity contribution is -0.128. The van der Waals surface area contributed by atoms with Gasteiger partial charge in [0.05, 0.1) is 0 Å². The molecule has 4 amide bonds. The Morgan fingerprint density at radius 1 is 1.14 bits per heavy atom. The van der Waals surface area contributed by atoms with E-state index in [9.17, 15) is 14.4 Å². The summed E-state index contributed by atoms with van der Waals surface area (Å²) in [4.78, 5) is 35.1. The molecule has 0 aliphatic rings.